The molecule has 0 unspecified atom stereocenters. The molecule has 84 valence electrons. The summed E-state index contributed by atoms with van der Waals surface area (Å²) in [6, 6.07) is 0. The molecular weight excluding hydrogens is 362 g/mol. The fourth-order valence-corrected chi connectivity index (χ4v) is 3.90. The molecule has 0 aliphatic rings. The molecule has 0 fully saturated rings. The van der Waals surface area contributed by atoms with Crippen LogP contribution in [0, 0.1) is 0 Å². The van der Waals surface area contributed by atoms with Gasteiger partial charge in [0, 0.05) is 6.20 Å². The van der Waals surface area contributed by atoms with Gasteiger partial charge in [-0.15, -0.1) is 0 Å². The average Bonchev–Trinajstić information content (AvgIpc) is 2.00. The third-order valence-corrected chi connectivity index (χ3v) is 4.42. The number of nitrogens with two attached hydrogens (primary N) is 1. The first-order chi connectivity index (χ1) is 6.75. The Hall–Kier alpha value is -0.120. The Morgan fingerprint density at radius 3 is 2.33 bits per heavy atom. The molecule has 0 spiro atoms. The highest BCUT2D eigenvalue weighted by molar-refractivity contribution is 9.11. The SMILES string of the molecule is NS(=O)(=O)c1c(Br)ncc(C(F)F)c1Br. The molecule has 0 bridgehead atoms. The lowest BCUT2D eigenvalue weighted by Crippen LogP contribution is -2.15. The van der Waals surface area contributed by atoms with Crippen LogP contribution in [0.1, 0.15) is 12.0 Å². The second-order valence-electron chi connectivity index (χ2n) is 2.49. The van der Waals surface area contributed by atoms with E-state index in [2.05, 4.69) is 36.8 Å². The van der Waals surface area contributed by atoms with Crippen molar-refractivity contribution in [1.29, 1.82) is 0 Å². The third-order valence-electron chi connectivity index (χ3n) is 1.48. The molecule has 0 amide bonds. The van der Waals surface area contributed by atoms with E-state index >= 15 is 0 Å². The van der Waals surface area contributed by atoms with Gasteiger partial charge in [0.05, 0.1) is 10.0 Å². The van der Waals surface area contributed by atoms with Crippen LogP contribution < -0.4 is 5.14 Å². The maximum absolute atomic E-state index is 12.4. The van der Waals surface area contributed by atoms with Crippen molar-refractivity contribution in [3.05, 3.63) is 20.8 Å². The summed E-state index contributed by atoms with van der Waals surface area (Å²) in [5.74, 6) is 0. The number of hydrogen-bond donors (Lipinski definition) is 1. The highest BCUT2D eigenvalue weighted by Gasteiger charge is 2.24. The summed E-state index contributed by atoms with van der Waals surface area (Å²) in [7, 11) is -4.11. The summed E-state index contributed by atoms with van der Waals surface area (Å²) >= 11 is 5.58. The van der Waals surface area contributed by atoms with Gasteiger partial charge in [0.15, 0.2) is 0 Å². The van der Waals surface area contributed by atoms with Gasteiger partial charge in [-0.25, -0.2) is 27.3 Å². The number of alkyl halides is 2. The molecule has 1 aromatic heterocycles. The van der Waals surface area contributed by atoms with Gasteiger partial charge in [0.25, 0.3) is 6.43 Å². The van der Waals surface area contributed by atoms with Crippen molar-refractivity contribution in [2.45, 2.75) is 11.3 Å². The molecular formula is C6H4Br2F2N2O2S. The molecule has 0 radical (unpaired) electrons. The minimum absolute atomic E-state index is 0.110. The molecule has 1 rings (SSSR count). The van der Waals surface area contributed by atoms with E-state index < -0.39 is 26.9 Å². The van der Waals surface area contributed by atoms with Crippen molar-refractivity contribution in [2.75, 3.05) is 0 Å². The van der Waals surface area contributed by atoms with Crippen LogP contribution in [-0.2, 0) is 10.0 Å². The van der Waals surface area contributed by atoms with E-state index in [-0.39, 0.29) is 9.08 Å². The van der Waals surface area contributed by atoms with E-state index in [1.54, 1.807) is 0 Å². The van der Waals surface area contributed by atoms with Gasteiger partial charge in [-0.1, -0.05) is 0 Å². The number of hydrogen-bond acceptors (Lipinski definition) is 3. The van der Waals surface area contributed by atoms with Gasteiger partial charge in [-0.2, -0.15) is 0 Å². The molecule has 0 saturated heterocycles. The Morgan fingerprint density at radius 2 is 1.93 bits per heavy atom. The molecule has 1 heterocycles. The monoisotopic (exact) mass is 364 g/mol. The number of pyridine rings is 1. The zero-order valence-corrected chi connectivity index (χ0v) is 10.9. The Balaban J connectivity index is 3.59. The van der Waals surface area contributed by atoms with Crippen LogP contribution in [0.4, 0.5) is 8.78 Å². The summed E-state index contributed by atoms with van der Waals surface area (Å²) in [5.41, 5.74) is -0.526. The van der Waals surface area contributed by atoms with Crippen LogP contribution in [-0.4, -0.2) is 13.4 Å². The first-order valence-electron chi connectivity index (χ1n) is 3.40. The fraction of sp³-hybridized carbons (Fsp3) is 0.167. The van der Waals surface area contributed by atoms with Crippen molar-refractivity contribution in [3.8, 4) is 0 Å². The Bertz CT molecular complexity index is 492. The first-order valence-corrected chi connectivity index (χ1v) is 6.53. The number of sulfonamides is 1. The molecule has 0 aliphatic heterocycles. The van der Waals surface area contributed by atoms with Crippen molar-refractivity contribution in [1.82, 2.24) is 4.98 Å². The lowest BCUT2D eigenvalue weighted by molar-refractivity contribution is 0.149. The molecule has 15 heavy (non-hydrogen) atoms. The standard InChI is InChI=1S/C6H4Br2F2N2O2S/c7-3-2(6(9)10)1-12-5(8)4(3)15(11,13)14/h1,6H,(H2,11,13,14). The second-order valence-corrected chi connectivity index (χ2v) is 5.54. The summed E-state index contributed by atoms with van der Waals surface area (Å²) < 4.78 is 46.6. The van der Waals surface area contributed by atoms with Crippen LogP contribution in [0.2, 0.25) is 0 Å². The molecule has 0 atom stereocenters. The van der Waals surface area contributed by atoms with E-state index in [0.29, 0.717) is 0 Å². The molecule has 0 aromatic carbocycles. The average molecular weight is 366 g/mol. The van der Waals surface area contributed by atoms with Crippen molar-refractivity contribution in [3.63, 3.8) is 0 Å². The van der Waals surface area contributed by atoms with Crippen molar-refractivity contribution < 1.29 is 17.2 Å². The van der Waals surface area contributed by atoms with Crippen molar-refractivity contribution >= 4 is 41.9 Å². The maximum atomic E-state index is 12.4. The largest absolute Gasteiger partial charge is 0.266 e. The van der Waals surface area contributed by atoms with Crippen LogP contribution >= 0.6 is 31.9 Å². The van der Waals surface area contributed by atoms with Crippen molar-refractivity contribution in [2.24, 2.45) is 5.14 Å². The zero-order chi connectivity index (χ0) is 11.8. The Morgan fingerprint density at radius 1 is 1.40 bits per heavy atom. The molecule has 9 heteroatoms. The van der Waals surface area contributed by atoms with Crippen LogP contribution in [0.15, 0.2) is 20.2 Å². The lowest BCUT2D eigenvalue weighted by atomic mass is 10.3. The minimum Gasteiger partial charge on any atom is -0.247 e. The van der Waals surface area contributed by atoms with Gasteiger partial charge in [-0.05, 0) is 31.9 Å². The Kier molecular flexibility index (Phi) is 3.80. The predicted molar refractivity (Wildman–Crippen MR) is 56.0 cm³/mol. The lowest BCUT2D eigenvalue weighted by Gasteiger charge is -2.08. The molecule has 0 aliphatic carbocycles. The van der Waals surface area contributed by atoms with Crippen LogP contribution in [0.25, 0.3) is 0 Å². The third kappa shape index (κ3) is 2.71. The summed E-state index contributed by atoms with van der Waals surface area (Å²) in [6.45, 7) is 0. The zero-order valence-electron chi connectivity index (χ0n) is 6.92. The number of nitrogens with zero attached hydrogens (tertiary/aromatic N) is 1. The first kappa shape index (κ1) is 12.9. The van der Waals surface area contributed by atoms with E-state index in [9.17, 15) is 17.2 Å². The predicted octanol–water partition coefficient (Wildman–Crippen LogP) is 2.19. The summed E-state index contributed by atoms with van der Waals surface area (Å²) in [5, 5.41) is 4.85. The van der Waals surface area contributed by atoms with E-state index in [1.165, 1.54) is 0 Å². The quantitative estimate of drug-likeness (QED) is 0.816. The van der Waals surface area contributed by atoms with Gasteiger partial charge < -0.3 is 0 Å². The number of aromatic nitrogens is 1. The smallest absolute Gasteiger partial charge is 0.247 e. The number of halogens is 4. The van der Waals surface area contributed by atoms with E-state index in [0.717, 1.165) is 6.20 Å². The van der Waals surface area contributed by atoms with Gasteiger partial charge >= 0.3 is 0 Å². The number of rotatable bonds is 2. The van der Waals surface area contributed by atoms with Crippen LogP contribution in [0.5, 0.6) is 0 Å². The topological polar surface area (TPSA) is 73.1 Å². The summed E-state index contributed by atoms with van der Waals surface area (Å²) in [4.78, 5) is 2.99. The normalized spacial score (nSPS) is 12.1. The molecule has 2 N–H and O–H groups in total. The second kappa shape index (κ2) is 4.40. The number of primary sulfonamides is 1. The highest BCUT2D eigenvalue weighted by Crippen LogP contribution is 2.34. The van der Waals surface area contributed by atoms with Gasteiger partial charge in [0.1, 0.15) is 9.50 Å². The van der Waals surface area contributed by atoms with Crippen LogP contribution in [0.3, 0.4) is 0 Å². The molecule has 0 saturated carbocycles. The Labute approximate surface area is 101 Å². The van der Waals surface area contributed by atoms with E-state index in [1.807, 2.05) is 0 Å². The van der Waals surface area contributed by atoms with Gasteiger partial charge in [-0.3, -0.25) is 0 Å². The van der Waals surface area contributed by atoms with E-state index in [4.69, 9.17) is 5.14 Å². The fourth-order valence-electron chi connectivity index (χ4n) is 0.858. The van der Waals surface area contributed by atoms with Gasteiger partial charge in [0.2, 0.25) is 10.0 Å². The minimum atomic E-state index is -4.11. The maximum Gasteiger partial charge on any atom is 0.266 e. The molecule has 1 aromatic rings. The highest BCUT2D eigenvalue weighted by atomic mass is 79.9. The molecule has 4 nitrogen and oxygen atoms in total. The summed E-state index contributed by atoms with van der Waals surface area (Å²) in [6.07, 6.45) is -1.96.